The van der Waals surface area contributed by atoms with Crippen LogP contribution in [0.1, 0.15) is 118 Å². The van der Waals surface area contributed by atoms with E-state index in [0.717, 1.165) is 39.4 Å². The second-order valence-electron chi connectivity index (χ2n) is 22.7. The maximum Gasteiger partial charge on any atom is 0.137 e. The molecule has 0 fully saturated rings. The van der Waals surface area contributed by atoms with Gasteiger partial charge in [-0.15, -0.1) is 0 Å². The lowest BCUT2D eigenvalue weighted by atomic mass is 9.78. The minimum absolute atomic E-state index is 0.135. The molecule has 0 saturated heterocycles. The maximum atomic E-state index is 7.08. The van der Waals surface area contributed by atoms with Crippen molar-refractivity contribution in [3.63, 3.8) is 0 Å². The fraction of sp³-hybridized carbons (Fsp3) is 0.306. The number of anilines is 2. The zero-order valence-corrected chi connectivity index (χ0v) is 42.0. The van der Waals surface area contributed by atoms with Gasteiger partial charge < -0.3 is 14.5 Å². The summed E-state index contributed by atoms with van der Waals surface area (Å²) in [5.74, 6) is 2.47. The Morgan fingerprint density at radius 2 is 0.940 bits per heavy atom. The highest BCUT2D eigenvalue weighted by Gasteiger charge is 2.42. The van der Waals surface area contributed by atoms with Crippen LogP contribution in [0.15, 0.2) is 175 Å². The largest absolute Gasteiger partial charge is 0.457 e. The number of pyridine rings is 1. The van der Waals surface area contributed by atoms with Crippen molar-refractivity contribution in [3.8, 4) is 17.3 Å². The topological polar surface area (TPSA) is 33.5 Å². The first-order valence-corrected chi connectivity index (χ1v) is 24.0. The van der Waals surface area contributed by atoms with Crippen molar-refractivity contribution in [3.05, 3.63) is 203 Å². The first-order chi connectivity index (χ1) is 31.6. The maximum absolute atomic E-state index is 7.08. The Labute approximate surface area is 399 Å². The summed E-state index contributed by atoms with van der Waals surface area (Å²) in [6.45, 7) is 30.9. The first kappa shape index (κ1) is 45.6. The van der Waals surface area contributed by atoms with Gasteiger partial charge in [0.25, 0.3) is 0 Å². The van der Waals surface area contributed by atoms with Crippen LogP contribution < -0.4 is 14.5 Å². The van der Waals surface area contributed by atoms with Gasteiger partial charge in [-0.25, -0.2) is 4.98 Å². The second-order valence-corrected chi connectivity index (χ2v) is 22.7. The Balaban J connectivity index is 1.14. The van der Waals surface area contributed by atoms with Crippen LogP contribution >= 0.6 is 0 Å². The van der Waals surface area contributed by atoms with Gasteiger partial charge in [-0.05, 0) is 87.8 Å². The van der Waals surface area contributed by atoms with Gasteiger partial charge in [0.2, 0.25) is 0 Å². The van der Waals surface area contributed by atoms with Crippen molar-refractivity contribution in [1.82, 2.24) is 9.55 Å². The molecular weight excluding hydrogens is 817 g/mol. The fourth-order valence-corrected chi connectivity index (χ4v) is 10.1. The van der Waals surface area contributed by atoms with Gasteiger partial charge in [-0.1, -0.05) is 181 Å². The molecule has 6 aromatic carbocycles. The molecule has 0 aliphatic carbocycles. The number of aromatic nitrogens is 2. The summed E-state index contributed by atoms with van der Waals surface area (Å²) in [7, 11) is 0. The molecule has 9 rings (SSSR count). The third-order valence-corrected chi connectivity index (χ3v) is 14.0. The molecule has 0 atom stereocenters. The van der Waals surface area contributed by atoms with Gasteiger partial charge in [0.05, 0.1) is 17.7 Å². The Morgan fingerprint density at radius 3 is 1.55 bits per heavy atom. The molecule has 5 nitrogen and oxygen atoms in total. The van der Waals surface area contributed by atoms with Gasteiger partial charge in [-0.3, -0.25) is 4.57 Å². The number of ether oxygens (including phenoxy) is 1. The van der Waals surface area contributed by atoms with Crippen LogP contribution in [0.25, 0.3) is 27.6 Å². The number of nitrogens with zero attached hydrogens (tertiary/aromatic N) is 4. The van der Waals surface area contributed by atoms with Crippen molar-refractivity contribution >= 4 is 33.2 Å². The molecule has 0 unspecified atom stereocenters. The minimum atomic E-state index is -0.215. The Hall–Kier alpha value is -6.59. The lowest BCUT2D eigenvalue weighted by Gasteiger charge is -2.35. The number of allylic oxidation sites excluding steroid dienone is 2. The fourth-order valence-electron chi connectivity index (χ4n) is 10.1. The van der Waals surface area contributed by atoms with Crippen LogP contribution in [-0.4, -0.2) is 16.2 Å². The van der Waals surface area contributed by atoms with E-state index in [-0.39, 0.29) is 27.1 Å². The van der Waals surface area contributed by atoms with Crippen molar-refractivity contribution < 1.29 is 4.74 Å². The molecule has 0 spiro atoms. The first-order valence-electron chi connectivity index (χ1n) is 24.0. The molecule has 1 aliphatic rings. The molecule has 3 heterocycles. The van der Waals surface area contributed by atoms with Crippen molar-refractivity contribution in [2.24, 2.45) is 10.8 Å². The van der Waals surface area contributed by atoms with E-state index in [4.69, 9.17) is 9.72 Å². The number of rotatable bonds is 9. The van der Waals surface area contributed by atoms with Crippen LogP contribution in [0.4, 0.5) is 11.4 Å². The van der Waals surface area contributed by atoms with E-state index in [1.54, 1.807) is 0 Å². The highest BCUT2D eigenvalue weighted by atomic mass is 16.5. The monoisotopic (exact) mass is 885 g/mol. The SMILES string of the molecule is CC(C)(C)C1=C(C(C)(C)C)N(c2cccc(C(C)(C)c3ccccc3)c2)CN1c1cc(Oc2ccc3c4ccccc4n(-c4cc(C(C)(C)c5ccccc5)ccn4)c3c2)cc(C(C)(C)C)c1. The summed E-state index contributed by atoms with van der Waals surface area (Å²) in [4.78, 5) is 10.1. The zero-order chi connectivity index (χ0) is 47.7. The smallest absolute Gasteiger partial charge is 0.137 e. The summed E-state index contributed by atoms with van der Waals surface area (Å²) >= 11 is 0. The van der Waals surface area contributed by atoms with E-state index in [2.05, 4.69) is 262 Å². The standard InChI is InChI=1S/C62H68N4O/c1-58(2,3)46-36-48(65-41-64(56(59(4,5)6)57(65)60(7,8)9)47-28-22-27-44(35-47)61(10,11)42-23-16-14-17-24-42)39-50(37-46)67-49-31-32-52-51-29-20-21-30-53(51)66(54(52)40-49)55-38-45(33-34-63-55)62(12,13)43-25-18-15-19-26-43/h14-40H,41H2,1-13H3. The number of hydrogen-bond donors (Lipinski definition) is 0. The van der Waals surface area contributed by atoms with E-state index >= 15 is 0 Å². The molecule has 2 aromatic heterocycles. The Bertz CT molecular complexity index is 3130. The molecule has 0 amide bonds. The van der Waals surface area contributed by atoms with Crippen molar-refractivity contribution in [1.29, 1.82) is 0 Å². The third-order valence-electron chi connectivity index (χ3n) is 14.0. The average molecular weight is 885 g/mol. The van der Waals surface area contributed by atoms with E-state index in [9.17, 15) is 0 Å². The highest BCUT2D eigenvalue weighted by Crippen LogP contribution is 2.50. The molecule has 0 bridgehead atoms. The van der Waals surface area contributed by atoms with Gasteiger partial charge in [-0.2, -0.15) is 0 Å². The zero-order valence-electron chi connectivity index (χ0n) is 42.0. The molecule has 1 aliphatic heterocycles. The van der Waals surface area contributed by atoms with E-state index in [1.165, 1.54) is 50.3 Å². The van der Waals surface area contributed by atoms with Gasteiger partial charge in [0.15, 0.2) is 0 Å². The molecular formula is C62H68N4O. The molecule has 0 saturated carbocycles. The summed E-state index contributed by atoms with van der Waals surface area (Å²) < 4.78 is 9.37. The van der Waals surface area contributed by atoms with Crippen LogP contribution in [-0.2, 0) is 16.2 Å². The normalized spacial score (nSPS) is 14.2. The number of fused-ring (bicyclic) bond motifs is 3. The predicted molar refractivity (Wildman–Crippen MR) is 283 cm³/mol. The van der Waals surface area contributed by atoms with Crippen LogP contribution in [0.3, 0.4) is 0 Å². The molecule has 8 aromatic rings. The van der Waals surface area contributed by atoms with Crippen LogP contribution in [0, 0.1) is 10.8 Å². The average Bonchev–Trinajstić information content (AvgIpc) is 3.88. The molecule has 342 valence electrons. The molecule has 67 heavy (non-hydrogen) atoms. The van der Waals surface area contributed by atoms with E-state index < -0.39 is 0 Å². The predicted octanol–water partition coefficient (Wildman–Crippen LogP) is 16.5. The summed E-state index contributed by atoms with van der Waals surface area (Å²) in [5, 5.41) is 2.34. The van der Waals surface area contributed by atoms with Gasteiger partial charge in [0, 0.05) is 73.5 Å². The number of benzene rings is 6. The second kappa shape index (κ2) is 16.6. The molecule has 0 N–H and O–H groups in total. The van der Waals surface area contributed by atoms with Crippen LogP contribution in [0.5, 0.6) is 11.5 Å². The quantitative estimate of drug-likeness (QED) is 0.145. The van der Waals surface area contributed by atoms with Crippen molar-refractivity contribution in [2.45, 2.75) is 106 Å². The van der Waals surface area contributed by atoms with Gasteiger partial charge in [0.1, 0.15) is 17.3 Å². The molecule has 0 radical (unpaired) electrons. The third kappa shape index (κ3) is 8.54. The number of hydrogen-bond acceptors (Lipinski definition) is 4. The summed E-state index contributed by atoms with van der Waals surface area (Å²) in [6.07, 6.45) is 1.95. The number of para-hydroxylation sites is 1. The van der Waals surface area contributed by atoms with E-state index in [0.29, 0.717) is 6.67 Å². The lowest BCUT2D eigenvalue weighted by molar-refractivity contribution is 0.444. The van der Waals surface area contributed by atoms with Gasteiger partial charge >= 0.3 is 0 Å². The summed E-state index contributed by atoms with van der Waals surface area (Å²) in [5.41, 5.74) is 12.6. The van der Waals surface area contributed by atoms with E-state index in [1.807, 2.05) is 6.20 Å². The van der Waals surface area contributed by atoms with Crippen LogP contribution in [0.2, 0.25) is 0 Å². The minimum Gasteiger partial charge on any atom is -0.457 e. The van der Waals surface area contributed by atoms with Crippen molar-refractivity contribution in [2.75, 3.05) is 16.5 Å². The Morgan fingerprint density at radius 1 is 0.403 bits per heavy atom. The highest BCUT2D eigenvalue weighted by molar-refractivity contribution is 6.09. The molecule has 5 heteroatoms. The Kier molecular flexibility index (Phi) is 11.3. The summed E-state index contributed by atoms with van der Waals surface area (Å²) in [6, 6.07) is 57.2. The lowest BCUT2D eigenvalue weighted by Crippen LogP contribution is -2.31.